The van der Waals surface area contributed by atoms with Crippen LogP contribution in [-0.4, -0.2) is 131 Å². The first-order chi connectivity index (χ1) is 19.7. The van der Waals surface area contributed by atoms with Crippen LogP contribution in [0.4, 0.5) is 0 Å². The van der Waals surface area contributed by atoms with Gasteiger partial charge in [0, 0.05) is 44.0 Å². The number of aliphatic carboxylic acids is 1. The molecule has 0 aliphatic heterocycles. The van der Waals surface area contributed by atoms with Gasteiger partial charge < -0.3 is 40.7 Å². The molecule has 0 aliphatic carbocycles. The Labute approximate surface area is 255 Å². The minimum absolute atomic E-state index is 0.0336. The van der Waals surface area contributed by atoms with Gasteiger partial charge in [-0.05, 0) is 79.4 Å². The van der Waals surface area contributed by atoms with E-state index in [-0.39, 0.29) is 31.1 Å². The van der Waals surface area contributed by atoms with Crippen LogP contribution in [0.5, 0.6) is 0 Å². The number of carboxylic acid groups (broad SMARTS) is 1. The zero-order valence-corrected chi connectivity index (χ0v) is 27.1. The molecule has 1 atom stereocenters. The number of nitrogens with one attached hydrogen (secondary N) is 3. The summed E-state index contributed by atoms with van der Waals surface area (Å²) in [6.07, 6.45) is 6.67. The molecule has 0 fully saturated rings. The standard InChI is InChI=1S/C27H56N6O6S2/c1-29-13-7-17-33(3)21-24(39-23-38-22-30-14-6-4-5-9-25(28)34)10-18-32(2)16-8-15-31-26(35)11-19-40-41-20-12-27(36)37/h24,29-30H,4-23H2,1-3H3,(H2,28,34)(H,31,35)(H,36,37). The number of nitrogens with two attached hydrogens (primary N) is 1. The molecule has 0 aromatic carbocycles. The summed E-state index contributed by atoms with van der Waals surface area (Å²) in [5, 5.41) is 18.0. The Hall–Kier alpha value is -1.13. The molecule has 0 aliphatic rings. The molecule has 0 radical (unpaired) electrons. The summed E-state index contributed by atoms with van der Waals surface area (Å²) < 4.78 is 11.7. The van der Waals surface area contributed by atoms with E-state index in [1.54, 1.807) is 10.8 Å². The predicted molar refractivity (Wildman–Crippen MR) is 169 cm³/mol. The van der Waals surface area contributed by atoms with Crippen molar-refractivity contribution in [3.8, 4) is 0 Å². The summed E-state index contributed by atoms with van der Waals surface area (Å²) in [4.78, 5) is 37.8. The third-order valence-corrected chi connectivity index (χ3v) is 8.52. The number of likely N-dealkylation sites (N-methyl/N-ethyl adjacent to an activating group) is 1. The van der Waals surface area contributed by atoms with Crippen molar-refractivity contribution < 1.29 is 29.0 Å². The maximum Gasteiger partial charge on any atom is 0.304 e. The van der Waals surface area contributed by atoms with Crippen molar-refractivity contribution in [2.24, 2.45) is 5.73 Å². The van der Waals surface area contributed by atoms with Crippen LogP contribution in [0.1, 0.15) is 57.8 Å². The number of hydrogen-bond donors (Lipinski definition) is 5. The molecule has 0 rings (SSSR count). The molecule has 0 aromatic rings. The first kappa shape index (κ1) is 39.9. The van der Waals surface area contributed by atoms with Crippen molar-refractivity contribution in [2.45, 2.75) is 63.9 Å². The van der Waals surface area contributed by atoms with E-state index in [0.29, 0.717) is 37.6 Å². The minimum atomic E-state index is -0.795. The number of rotatable bonds is 31. The number of carbonyl (C=O) groups is 3. The van der Waals surface area contributed by atoms with Gasteiger partial charge in [0.05, 0.1) is 19.3 Å². The fraction of sp³-hybridized carbons (Fsp3) is 0.889. The molecule has 0 saturated carbocycles. The van der Waals surface area contributed by atoms with Crippen LogP contribution in [-0.2, 0) is 23.9 Å². The molecular formula is C27H56N6O6S2. The molecule has 0 bridgehead atoms. The summed E-state index contributed by atoms with van der Waals surface area (Å²) in [6.45, 7) is 6.70. The van der Waals surface area contributed by atoms with Crippen molar-refractivity contribution in [3.05, 3.63) is 0 Å². The van der Waals surface area contributed by atoms with Crippen LogP contribution >= 0.6 is 21.6 Å². The highest BCUT2D eigenvalue weighted by Crippen LogP contribution is 2.22. The summed E-state index contributed by atoms with van der Waals surface area (Å²) in [5.74, 6) is 0.227. The van der Waals surface area contributed by atoms with Crippen LogP contribution in [0.3, 0.4) is 0 Å². The van der Waals surface area contributed by atoms with E-state index in [9.17, 15) is 14.4 Å². The third kappa shape index (κ3) is 30.1. The van der Waals surface area contributed by atoms with Crippen molar-refractivity contribution in [2.75, 3.05) is 92.0 Å². The molecule has 0 heterocycles. The molecule has 0 saturated heterocycles. The van der Waals surface area contributed by atoms with E-state index >= 15 is 0 Å². The molecule has 14 heteroatoms. The lowest BCUT2D eigenvalue weighted by Gasteiger charge is -2.26. The number of nitrogens with zero attached hydrogens (tertiary/aromatic N) is 2. The van der Waals surface area contributed by atoms with E-state index in [4.69, 9.17) is 20.3 Å². The molecule has 1 unspecified atom stereocenters. The van der Waals surface area contributed by atoms with E-state index in [1.807, 2.05) is 7.05 Å². The maximum atomic E-state index is 12.0. The molecule has 41 heavy (non-hydrogen) atoms. The fourth-order valence-electron chi connectivity index (χ4n) is 3.77. The summed E-state index contributed by atoms with van der Waals surface area (Å²) >= 11 is 0. The van der Waals surface area contributed by atoms with E-state index in [0.717, 1.165) is 77.8 Å². The second-order valence-electron chi connectivity index (χ2n) is 10.1. The first-order valence-corrected chi connectivity index (χ1v) is 17.2. The van der Waals surface area contributed by atoms with Gasteiger partial charge in [-0.3, -0.25) is 19.7 Å². The lowest BCUT2D eigenvalue weighted by Crippen LogP contribution is -2.36. The Kier molecular flexibility index (Phi) is 28.2. The average Bonchev–Trinajstić information content (AvgIpc) is 2.92. The number of carbonyl (C=O) groups excluding carboxylic acids is 2. The summed E-state index contributed by atoms with van der Waals surface area (Å²) in [5.41, 5.74) is 5.15. The number of primary amides is 1. The van der Waals surface area contributed by atoms with Crippen LogP contribution in [0, 0.1) is 0 Å². The topological polar surface area (TPSA) is 158 Å². The highest BCUT2D eigenvalue weighted by Gasteiger charge is 2.14. The second kappa shape index (κ2) is 29.0. The number of amides is 2. The van der Waals surface area contributed by atoms with E-state index in [2.05, 4.69) is 39.8 Å². The van der Waals surface area contributed by atoms with Crippen molar-refractivity contribution in [1.29, 1.82) is 0 Å². The van der Waals surface area contributed by atoms with Gasteiger partial charge in [0.1, 0.15) is 6.79 Å². The molecule has 0 aromatic heterocycles. The second-order valence-corrected chi connectivity index (χ2v) is 12.8. The van der Waals surface area contributed by atoms with Gasteiger partial charge in [-0.1, -0.05) is 28.0 Å². The average molecular weight is 625 g/mol. The maximum absolute atomic E-state index is 12.0. The number of unbranched alkanes of at least 4 members (excludes halogenated alkanes) is 2. The van der Waals surface area contributed by atoms with Gasteiger partial charge in [0.15, 0.2) is 0 Å². The van der Waals surface area contributed by atoms with E-state index in [1.165, 1.54) is 10.8 Å². The van der Waals surface area contributed by atoms with Crippen molar-refractivity contribution >= 4 is 39.4 Å². The Morgan fingerprint density at radius 3 is 2.29 bits per heavy atom. The van der Waals surface area contributed by atoms with Gasteiger partial charge >= 0.3 is 5.97 Å². The number of hydrogen-bond acceptors (Lipinski definition) is 11. The molecular weight excluding hydrogens is 568 g/mol. The minimum Gasteiger partial charge on any atom is -0.481 e. The third-order valence-electron chi connectivity index (χ3n) is 6.12. The van der Waals surface area contributed by atoms with Crippen LogP contribution < -0.4 is 21.7 Å². The number of ether oxygens (including phenoxy) is 2. The molecule has 242 valence electrons. The fourth-order valence-corrected chi connectivity index (χ4v) is 5.74. The summed E-state index contributed by atoms with van der Waals surface area (Å²) in [6, 6.07) is 0. The Balaban J connectivity index is 4.12. The van der Waals surface area contributed by atoms with E-state index < -0.39 is 5.97 Å². The van der Waals surface area contributed by atoms with Crippen LogP contribution in [0.15, 0.2) is 0 Å². The van der Waals surface area contributed by atoms with Gasteiger partial charge in [-0.15, -0.1) is 0 Å². The normalized spacial score (nSPS) is 12.2. The Morgan fingerprint density at radius 2 is 1.59 bits per heavy atom. The van der Waals surface area contributed by atoms with Gasteiger partial charge in [0.25, 0.3) is 0 Å². The Bertz CT molecular complexity index is 668. The molecule has 6 N–H and O–H groups in total. The van der Waals surface area contributed by atoms with Crippen molar-refractivity contribution in [3.63, 3.8) is 0 Å². The lowest BCUT2D eigenvalue weighted by atomic mass is 10.2. The highest BCUT2D eigenvalue weighted by molar-refractivity contribution is 8.76. The first-order valence-electron chi connectivity index (χ1n) is 14.7. The predicted octanol–water partition coefficient (Wildman–Crippen LogP) is 1.55. The monoisotopic (exact) mass is 624 g/mol. The smallest absolute Gasteiger partial charge is 0.304 e. The van der Waals surface area contributed by atoms with Gasteiger partial charge in [0.2, 0.25) is 11.8 Å². The Morgan fingerprint density at radius 1 is 0.878 bits per heavy atom. The summed E-state index contributed by atoms with van der Waals surface area (Å²) in [7, 11) is 9.20. The van der Waals surface area contributed by atoms with Gasteiger partial charge in [-0.25, -0.2) is 0 Å². The molecule has 12 nitrogen and oxygen atoms in total. The number of carboxylic acids is 1. The zero-order chi connectivity index (χ0) is 30.6. The molecule has 2 amide bonds. The SMILES string of the molecule is CNCCCN(C)CC(CCN(C)CCCNC(=O)CCSSCCC(=O)O)OCOCNCCCCCC(N)=O. The quantitative estimate of drug-likeness (QED) is 0.0431. The highest BCUT2D eigenvalue weighted by atomic mass is 33.1. The van der Waals surface area contributed by atoms with Crippen molar-refractivity contribution in [1.82, 2.24) is 25.8 Å². The van der Waals surface area contributed by atoms with Gasteiger partial charge in [-0.2, -0.15) is 0 Å². The largest absolute Gasteiger partial charge is 0.481 e. The van der Waals surface area contributed by atoms with Crippen LogP contribution in [0.25, 0.3) is 0 Å². The lowest BCUT2D eigenvalue weighted by molar-refractivity contribution is -0.136. The zero-order valence-electron chi connectivity index (χ0n) is 25.5. The van der Waals surface area contributed by atoms with Crippen LogP contribution in [0.2, 0.25) is 0 Å². The molecule has 0 spiro atoms.